The Morgan fingerprint density at radius 3 is 2.74 bits per heavy atom. The summed E-state index contributed by atoms with van der Waals surface area (Å²) in [6.45, 7) is 1.72. The van der Waals surface area contributed by atoms with E-state index >= 15 is 0 Å². The highest BCUT2D eigenvalue weighted by atomic mass is 32.1. The van der Waals surface area contributed by atoms with E-state index in [1.807, 2.05) is 0 Å². The third-order valence-corrected chi connectivity index (χ3v) is 4.46. The van der Waals surface area contributed by atoms with Gasteiger partial charge in [-0.05, 0) is 54.5 Å². The molecule has 1 N–H and O–H groups in total. The van der Waals surface area contributed by atoms with E-state index in [-0.39, 0.29) is 22.8 Å². The Labute approximate surface area is 180 Å². The first kappa shape index (κ1) is 22.0. The smallest absolute Gasteiger partial charge is 0.311 e. The van der Waals surface area contributed by atoms with E-state index in [0.717, 1.165) is 10.2 Å². The van der Waals surface area contributed by atoms with Crippen LogP contribution in [0, 0.1) is 21.8 Å². The molecule has 0 bridgehead atoms. The molecule has 0 unspecified atom stereocenters. The zero-order valence-electron chi connectivity index (χ0n) is 16.4. The fraction of sp³-hybridized carbons (Fsp3) is 0.211. The van der Waals surface area contributed by atoms with Crippen LogP contribution >= 0.6 is 12.2 Å². The Hall–Kier alpha value is -3.67. The molecule has 2 aromatic carbocycles. The van der Waals surface area contributed by atoms with E-state index in [2.05, 4.69) is 15.3 Å². The molecule has 0 saturated carbocycles. The fourth-order valence-electron chi connectivity index (χ4n) is 2.72. The summed E-state index contributed by atoms with van der Waals surface area (Å²) in [6.07, 6.45) is -1.52. The highest BCUT2D eigenvalue weighted by molar-refractivity contribution is 7.71. The van der Waals surface area contributed by atoms with Crippen LogP contribution < -0.4 is 9.47 Å². The van der Waals surface area contributed by atoms with Gasteiger partial charge >= 0.3 is 5.69 Å². The zero-order valence-corrected chi connectivity index (χ0v) is 17.2. The average Bonchev–Trinajstić information content (AvgIpc) is 3.11. The number of nitro groups is 1. The van der Waals surface area contributed by atoms with Gasteiger partial charge in [0.15, 0.2) is 5.75 Å². The number of aromatic amines is 1. The molecule has 1 heterocycles. The van der Waals surface area contributed by atoms with E-state index in [1.165, 1.54) is 25.5 Å². The Balaban J connectivity index is 1.86. The Morgan fingerprint density at radius 1 is 1.32 bits per heavy atom. The number of methoxy groups -OCH3 is 1. The second-order valence-corrected chi connectivity index (χ2v) is 6.72. The topological polar surface area (TPSA) is 108 Å². The summed E-state index contributed by atoms with van der Waals surface area (Å²) >= 11 is 4.91. The van der Waals surface area contributed by atoms with Crippen LogP contribution in [0.2, 0.25) is 0 Å². The third kappa shape index (κ3) is 5.09. The number of aryl methyl sites for hydroxylation is 1. The number of hydrogen-bond acceptors (Lipinski definition) is 7. The molecule has 0 aliphatic carbocycles. The Morgan fingerprint density at radius 2 is 2.06 bits per heavy atom. The van der Waals surface area contributed by atoms with Crippen molar-refractivity contribution in [2.45, 2.75) is 20.0 Å². The summed E-state index contributed by atoms with van der Waals surface area (Å²) < 4.78 is 37.7. The quantitative estimate of drug-likeness (QED) is 0.234. The SMILES string of the molecule is COc1ccc(/C=N/n2c(C(F)F)n[nH]c2=S)cc1COc1ccc(C)cc1[N+](=O)[O-]. The number of rotatable bonds is 8. The molecule has 0 spiro atoms. The lowest BCUT2D eigenvalue weighted by molar-refractivity contribution is -0.386. The largest absolute Gasteiger partial charge is 0.496 e. The number of ether oxygens (including phenoxy) is 2. The van der Waals surface area contributed by atoms with Gasteiger partial charge in [0.1, 0.15) is 12.4 Å². The van der Waals surface area contributed by atoms with E-state index in [4.69, 9.17) is 21.7 Å². The highest BCUT2D eigenvalue weighted by Gasteiger charge is 2.17. The predicted molar refractivity (Wildman–Crippen MR) is 111 cm³/mol. The van der Waals surface area contributed by atoms with Crippen LogP contribution in [0.3, 0.4) is 0 Å². The van der Waals surface area contributed by atoms with E-state index < -0.39 is 17.2 Å². The van der Waals surface area contributed by atoms with Crippen LogP contribution in [0.4, 0.5) is 14.5 Å². The summed E-state index contributed by atoms with van der Waals surface area (Å²) in [5.41, 5.74) is 1.70. The number of nitro benzene ring substituents is 1. The maximum Gasteiger partial charge on any atom is 0.311 e. The zero-order chi connectivity index (χ0) is 22.5. The van der Waals surface area contributed by atoms with Gasteiger partial charge in [0.2, 0.25) is 10.6 Å². The normalized spacial score (nSPS) is 11.3. The van der Waals surface area contributed by atoms with Crippen molar-refractivity contribution in [1.29, 1.82) is 0 Å². The second-order valence-electron chi connectivity index (χ2n) is 6.33. The first-order chi connectivity index (χ1) is 14.8. The first-order valence-corrected chi connectivity index (χ1v) is 9.25. The predicted octanol–water partition coefficient (Wildman–Crippen LogP) is 4.56. The van der Waals surface area contributed by atoms with Crippen molar-refractivity contribution in [1.82, 2.24) is 14.9 Å². The van der Waals surface area contributed by atoms with E-state index in [0.29, 0.717) is 16.9 Å². The number of halogens is 2. The van der Waals surface area contributed by atoms with Crippen molar-refractivity contribution in [3.63, 3.8) is 0 Å². The summed E-state index contributed by atoms with van der Waals surface area (Å²) in [6, 6.07) is 9.62. The van der Waals surface area contributed by atoms with Gasteiger partial charge in [-0.3, -0.25) is 10.1 Å². The molecule has 0 fully saturated rings. The monoisotopic (exact) mass is 449 g/mol. The number of benzene rings is 2. The molecule has 0 radical (unpaired) electrons. The average molecular weight is 449 g/mol. The fourth-order valence-corrected chi connectivity index (χ4v) is 2.91. The minimum atomic E-state index is -2.85. The van der Waals surface area contributed by atoms with Crippen molar-refractivity contribution in [2.75, 3.05) is 7.11 Å². The lowest BCUT2D eigenvalue weighted by Crippen LogP contribution is -2.03. The van der Waals surface area contributed by atoms with Gasteiger partial charge in [-0.25, -0.2) is 13.9 Å². The minimum Gasteiger partial charge on any atom is -0.496 e. The van der Waals surface area contributed by atoms with Crippen molar-refractivity contribution >= 4 is 24.1 Å². The standard InChI is InChI=1S/C19H17F2N5O4S/c1-11-3-5-16(14(7-11)26(27)28)30-10-13-8-12(4-6-15(13)29-2)9-22-25-18(17(20)21)23-24-19(25)31/h3-9,17H,10H2,1-2H3,(H,24,31)/b22-9+. The molecule has 12 heteroatoms. The lowest BCUT2D eigenvalue weighted by Gasteiger charge is -2.11. The molecular formula is C19H17F2N5O4S. The summed E-state index contributed by atoms with van der Waals surface area (Å²) in [5.74, 6) is -0.00638. The maximum atomic E-state index is 13.0. The van der Waals surface area contributed by atoms with Gasteiger partial charge in [-0.1, -0.05) is 6.07 Å². The number of nitrogens with zero attached hydrogens (tertiary/aromatic N) is 4. The number of alkyl halides is 2. The Bertz CT molecular complexity index is 1190. The third-order valence-electron chi connectivity index (χ3n) is 4.19. The van der Waals surface area contributed by atoms with E-state index in [9.17, 15) is 18.9 Å². The van der Waals surface area contributed by atoms with Gasteiger partial charge in [-0.15, -0.1) is 0 Å². The molecule has 9 nitrogen and oxygen atoms in total. The van der Waals surface area contributed by atoms with Gasteiger partial charge < -0.3 is 9.47 Å². The van der Waals surface area contributed by atoms with Crippen LogP contribution in [0.15, 0.2) is 41.5 Å². The van der Waals surface area contributed by atoms with Crippen molar-refractivity contribution in [3.05, 3.63) is 73.8 Å². The van der Waals surface area contributed by atoms with Gasteiger partial charge in [-0.2, -0.15) is 14.9 Å². The molecule has 1 aromatic heterocycles. The summed E-state index contributed by atoms with van der Waals surface area (Å²) in [5, 5.41) is 21.0. The summed E-state index contributed by atoms with van der Waals surface area (Å²) in [4.78, 5) is 10.8. The van der Waals surface area contributed by atoms with Crippen LogP contribution in [0.1, 0.15) is 28.9 Å². The van der Waals surface area contributed by atoms with Crippen molar-refractivity contribution in [2.24, 2.45) is 5.10 Å². The van der Waals surface area contributed by atoms with Crippen molar-refractivity contribution in [3.8, 4) is 11.5 Å². The molecule has 3 rings (SSSR count). The number of H-pyrrole nitrogens is 1. The minimum absolute atomic E-state index is 0.0256. The van der Waals surface area contributed by atoms with Gasteiger partial charge in [0.25, 0.3) is 6.43 Å². The molecule has 0 amide bonds. The number of nitrogens with one attached hydrogen (secondary N) is 1. The van der Waals surface area contributed by atoms with Crippen LogP contribution in [0.25, 0.3) is 0 Å². The second kappa shape index (κ2) is 9.43. The number of hydrogen-bond donors (Lipinski definition) is 1. The highest BCUT2D eigenvalue weighted by Crippen LogP contribution is 2.30. The van der Waals surface area contributed by atoms with Crippen LogP contribution in [-0.4, -0.2) is 33.1 Å². The molecular weight excluding hydrogens is 432 g/mol. The van der Waals surface area contributed by atoms with Gasteiger partial charge in [0.05, 0.1) is 18.2 Å². The molecule has 0 aliphatic heterocycles. The maximum absolute atomic E-state index is 13.0. The van der Waals surface area contributed by atoms with E-state index in [1.54, 1.807) is 31.2 Å². The Kier molecular flexibility index (Phi) is 6.70. The van der Waals surface area contributed by atoms with Crippen molar-refractivity contribution < 1.29 is 23.2 Å². The van der Waals surface area contributed by atoms with Gasteiger partial charge in [0, 0.05) is 11.6 Å². The molecule has 0 aliphatic rings. The molecule has 162 valence electrons. The lowest BCUT2D eigenvalue weighted by atomic mass is 10.1. The molecule has 0 atom stereocenters. The molecule has 3 aromatic rings. The number of aromatic nitrogens is 3. The van der Waals surface area contributed by atoms with Crippen LogP contribution in [0.5, 0.6) is 11.5 Å². The van der Waals surface area contributed by atoms with Crippen LogP contribution in [-0.2, 0) is 6.61 Å². The molecule has 0 saturated heterocycles. The molecule has 31 heavy (non-hydrogen) atoms. The summed E-state index contributed by atoms with van der Waals surface area (Å²) in [7, 11) is 1.47. The first-order valence-electron chi connectivity index (χ1n) is 8.84.